The first-order valence-electron chi connectivity index (χ1n) is 5.20. The van der Waals surface area contributed by atoms with Crippen molar-refractivity contribution in [2.24, 2.45) is 0 Å². The Kier molecular flexibility index (Phi) is 3.66. The van der Waals surface area contributed by atoms with Crippen molar-refractivity contribution in [3.8, 4) is 0 Å². The number of hydrogen-bond donors (Lipinski definition) is 1. The normalized spacial score (nSPS) is 10.4. The number of halogens is 2. The molecule has 1 aromatic heterocycles. The van der Waals surface area contributed by atoms with E-state index in [2.05, 4.69) is 10.3 Å². The van der Waals surface area contributed by atoms with Gasteiger partial charge in [0.25, 0.3) is 0 Å². The van der Waals surface area contributed by atoms with E-state index in [4.69, 9.17) is 0 Å². The standard InChI is InChI=1S/C12H10F2N2OS/c1-7-15-9(6-18-7)5-12(17)16-8-2-3-10(13)11(14)4-8/h2-4,6H,5H2,1H3,(H,16,17). The molecule has 0 bridgehead atoms. The second kappa shape index (κ2) is 5.22. The molecular formula is C12H10F2N2OS. The maximum atomic E-state index is 12.9. The lowest BCUT2D eigenvalue weighted by Crippen LogP contribution is -2.14. The second-order valence-electron chi connectivity index (χ2n) is 3.71. The highest BCUT2D eigenvalue weighted by Gasteiger charge is 2.08. The van der Waals surface area contributed by atoms with E-state index in [1.54, 1.807) is 5.38 Å². The molecule has 0 atom stereocenters. The number of anilines is 1. The van der Waals surface area contributed by atoms with E-state index in [1.807, 2.05) is 6.92 Å². The summed E-state index contributed by atoms with van der Waals surface area (Å²) >= 11 is 1.46. The van der Waals surface area contributed by atoms with Crippen LogP contribution in [0.1, 0.15) is 10.7 Å². The first kappa shape index (κ1) is 12.6. The van der Waals surface area contributed by atoms with E-state index < -0.39 is 11.6 Å². The average Bonchev–Trinajstić information content (AvgIpc) is 2.69. The third-order valence-corrected chi connectivity index (χ3v) is 3.03. The molecule has 6 heteroatoms. The number of hydrogen-bond acceptors (Lipinski definition) is 3. The van der Waals surface area contributed by atoms with Crippen LogP contribution in [-0.4, -0.2) is 10.9 Å². The number of aromatic nitrogens is 1. The molecule has 1 amide bonds. The third-order valence-electron chi connectivity index (χ3n) is 2.21. The highest BCUT2D eigenvalue weighted by atomic mass is 32.1. The Morgan fingerprint density at radius 1 is 1.39 bits per heavy atom. The van der Waals surface area contributed by atoms with E-state index in [9.17, 15) is 13.6 Å². The number of thiazole rings is 1. The van der Waals surface area contributed by atoms with E-state index in [1.165, 1.54) is 17.4 Å². The fourth-order valence-electron chi connectivity index (χ4n) is 1.43. The van der Waals surface area contributed by atoms with Gasteiger partial charge in [0.1, 0.15) is 0 Å². The van der Waals surface area contributed by atoms with E-state index in [0.717, 1.165) is 17.1 Å². The van der Waals surface area contributed by atoms with E-state index >= 15 is 0 Å². The smallest absolute Gasteiger partial charge is 0.230 e. The lowest BCUT2D eigenvalue weighted by Gasteiger charge is -2.04. The highest BCUT2D eigenvalue weighted by Crippen LogP contribution is 2.14. The summed E-state index contributed by atoms with van der Waals surface area (Å²) in [5.74, 6) is -2.24. The van der Waals surface area contributed by atoms with Gasteiger partial charge in [-0.2, -0.15) is 0 Å². The molecule has 0 aliphatic heterocycles. The Hall–Kier alpha value is -1.82. The molecule has 2 aromatic rings. The molecule has 0 spiro atoms. The molecule has 2 rings (SSSR count). The lowest BCUT2D eigenvalue weighted by atomic mass is 10.2. The minimum Gasteiger partial charge on any atom is -0.326 e. The van der Waals surface area contributed by atoms with E-state index in [-0.39, 0.29) is 18.0 Å². The zero-order valence-electron chi connectivity index (χ0n) is 9.54. The largest absolute Gasteiger partial charge is 0.326 e. The molecule has 0 aliphatic carbocycles. The zero-order chi connectivity index (χ0) is 13.1. The van der Waals surface area contributed by atoms with Crippen molar-refractivity contribution in [2.75, 3.05) is 5.32 Å². The van der Waals surface area contributed by atoms with Crippen LogP contribution in [0, 0.1) is 18.6 Å². The van der Waals surface area contributed by atoms with Crippen molar-refractivity contribution in [3.05, 3.63) is 45.9 Å². The molecule has 18 heavy (non-hydrogen) atoms. The van der Waals surface area contributed by atoms with Gasteiger partial charge in [-0.3, -0.25) is 4.79 Å². The number of carbonyl (C=O) groups excluding carboxylic acids is 1. The summed E-state index contributed by atoms with van der Waals surface area (Å²) in [4.78, 5) is 15.8. The van der Waals surface area contributed by atoms with Gasteiger partial charge >= 0.3 is 0 Å². The molecule has 0 unspecified atom stereocenters. The maximum Gasteiger partial charge on any atom is 0.230 e. The molecular weight excluding hydrogens is 258 g/mol. The molecule has 0 aliphatic rings. The molecule has 0 saturated carbocycles. The van der Waals surface area contributed by atoms with Gasteiger partial charge in [-0.15, -0.1) is 11.3 Å². The number of aryl methyl sites for hydroxylation is 1. The summed E-state index contributed by atoms with van der Waals surface area (Å²) < 4.78 is 25.6. The van der Waals surface area contributed by atoms with Gasteiger partial charge in [-0.1, -0.05) is 0 Å². The molecule has 0 saturated heterocycles. The summed E-state index contributed by atoms with van der Waals surface area (Å²) in [5, 5.41) is 5.16. The van der Waals surface area contributed by atoms with Crippen molar-refractivity contribution in [3.63, 3.8) is 0 Å². The maximum absolute atomic E-state index is 12.9. The number of benzene rings is 1. The van der Waals surface area contributed by atoms with Crippen molar-refractivity contribution >= 4 is 22.9 Å². The van der Waals surface area contributed by atoms with Crippen LogP contribution in [0.2, 0.25) is 0 Å². The number of rotatable bonds is 3. The van der Waals surface area contributed by atoms with Crippen LogP contribution < -0.4 is 5.32 Å². The van der Waals surface area contributed by atoms with Crippen molar-refractivity contribution in [1.29, 1.82) is 0 Å². The second-order valence-corrected chi connectivity index (χ2v) is 4.77. The average molecular weight is 268 g/mol. The Morgan fingerprint density at radius 3 is 2.78 bits per heavy atom. The summed E-state index contributed by atoms with van der Waals surface area (Å²) in [7, 11) is 0. The fourth-order valence-corrected chi connectivity index (χ4v) is 2.05. The molecule has 94 valence electrons. The minimum absolute atomic E-state index is 0.114. The number of amides is 1. The Labute approximate surface area is 106 Å². The quantitative estimate of drug-likeness (QED) is 0.930. The first-order valence-corrected chi connectivity index (χ1v) is 6.08. The number of nitrogens with zero attached hydrogens (tertiary/aromatic N) is 1. The predicted molar refractivity (Wildman–Crippen MR) is 65.5 cm³/mol. The van der Waals surface area contributed by atoms with Crippen LogP contribution in [0.3, 0.4) is 0 Å². The Bertz CT molecular complexity index is 583. The molecule has 1 heterocycles. The van der Waals surface area contributed by atoms with Crippen LogP contribution in [0.5, 0.6) is 0 Å². The molecule has 0 radical (unpaired) electrons. The number of carbonyl (C=O) groups is 1. The van der Waals surface area contributed by atoms with Crippen LogP contribution in [0.25, 0.3) is 0 Å². The van der Waals surface area contributed by atoms with E-state index in [0.29, 0.717) is 5.69 Å². The summed E-state index contributed by atoms with van der Waals surface area (Å²) in [6, 6.07) is 3.22. The Balaban J connectivity index is 2.00. The predicted octanol–water partition coefficient (Wildman–Crippen LogP) is 2.91. The molecule has 1 aromatic carbocycles. The molecule has 3 nitrogen and oxygen atoms in total. The monoisotopic (exact) mass is 268 g/mol. The lowest BCUT2D eigenvalue weighted by molar-refractivity contribution is -0.115. The zero-order valence-corrected chi connectivity index (χ0v) is 10.4. The summed E-state index contributed by atoms with van der Waals surface area (Å²) in [5.41, 5.74) is 0.892. The van der Waals surface area contributed by atoms with Crippen LogP contribution in [0.4, 0.5) is 14.5 Å². The SMILES string of the molecule is Cc1nc(CC(=O)Nc2ccc(F)c(F)c2)cs1. The molecule has 0 fully saturated rings. The first-order chi connectivity index (χ1) is 8.54. The van der Waals surface area contributed by atoms with Gasteiger partial charge < -0.3 is 5.32 Å². The van der Waals surface area contributed by atoms with Crippen molar-refractivity contribution < 1.29 is 13.6 Å². The summed E-state index contributed by atoms with van der Waals surface area (Å²) in [6.07, 6.45) is 0.114. The van der Waals surface area contributed by atoms with Gasteiger partial charge in [0.15, 0.2) is 11.6 Å². The van der Waals surface area contributed by atoms with Gasteiger partial charge in [-0.05, 0) is 19.1 Å². The Morgan fingerprint density at radius 2 is 2.17 bits per heavy atom. The topological polar surface area (TPSA) is 42.0 Å². The fraction of sp³-hybridized carbons (Fsp3) is 0.167. The van der Waals surface area contributed by atoms with Crippen LogP contribution >= 0.6 is 11.3 Å². The van der Waals surface area contributed by atoms with Gasteiger partial charge in [0.05, 0.1) is 17.1 Å². The van der Waals surface area contributed by atoms with Crippen LogP contribution in [-0.2, 0) is 11.2 Å². The highest BCUT2D eigenvalue weighted by molar-refractivity contribution is 7.09. The number of nitrogens with one attached hydrogen (secondary N) is 1. The molecule has 1 N–H and O–H groups in total. The van der Waals surface area contributed by atoms with Gasteiger partial charge in [-0.25, -0.2) is 13.8 Å². The van der Waals surface area contributed by atoms with Crippen LogP contribution in [0.15, 0.2) is 23.6 Å². The summed E-state index contributed by atoms with van der Waals surface area (Å²) in [6.45, 7) is 1.85. The van der Waals surface area contributed by atoms with Crippen molar-refractivity contribution in [2.45, 2.75) is 13.3 Å². The van der Waals surface area contributed by atoms with Crippen molar-refractivity contribution in [1.82, 2.24) is 4.98 Å². The van der Waals surface area contributed by atoms with Gasteiger partial charge in [0.2, 0.25) is 5.91 Å². The third kappa shape index (κ3) is 3.10. The minimum atomic E-state index is -0.989. The van der Waals surface area contributed by atoms with Gasteiger partial charge in [0, 0.05) is 17.1 Å².